The second-order valence-electron chi connectivity index (χ2n) is 5.28. The SMILES string of the molecule is COCCC(=O)N1CCN(C(=O)c2ccc(C)cc2)CC1. The van der Waals surface area contributed by atoms with Crippen LogP contribution in [0.1, 0.15) is 22.3 Å². The standard InChI is InChI=1S/C16H22N2O3/c1-13-3-5-14(6-4-13)16(20)18-10-8-17(9-11-18)15(19)7-12-21-2/h3-6H,7-12H2,1-2H3. The number of nitrogens with zero attached hydrogens (tertiary/aromatic N) is 2. The number of aryl methyl sites for hydroxylation is 1. The molecule has 1 saturated heterocycles. The van der Waals surface area contributed by atoms with Gasteiger partial charge in [0, 0.05) is 38.9 Å². The van der Waals surface area contributed by atoms with Gasteiger partial charge in [0.1, 0.15) is 0 Å². The van der Waals surface area contributed by atoms with Gasteiger partial charge in [-0.25, -0.2) is 0 Å². The Kier molecular flexibility index (Phi) is 5.33. The molecule has 5 nitrogen and oxygen atoms in total. The zero-order valence-corrected chi connectivity index (χ0v) is 12.7. The quantitative estimate of drug-likeness (QED) is 0.840. The summed E-state index contributed by atoms with van der Waals surface area (Å²) in [7, 11) is 1.59. The Labute approximate surface area is 125 Å². The second-order valence-corrected chi connectivity index (χ2v) is 5.28. The fourth-order valence-corrected chi connectivity index (χ4v) is 2.39. The average Bonchev–Trinajstić information content (AvgIpc) is 2.53. The maximum Gasteiger partial charge on any atom is 0.253 e. The van der Waals surface area contributed by atoms with Crippen molar-refractivity contribution in [3.05, 3.63) is 35.4 Å². The molecule has 0 saturated carbocycles. The first-order chi connectivity index (χ1) is 10.1. The number of rotatable bonds is 4. The number of carbonyl (C=O) groups is 2. The van der Waals surface area contributed by atoms with Crippen LogP contribution >= 0.6 is 0 Å². The first-order valence-electron chi connectivity index (χ1n) is 7.24. The van der Waals surface area contributed by atoms with Crippen LogP contribution in [-0.4, -0.2) is 61.5 Å². The van der Waals surface area contributed by atoms with Crippen LogP contribution in [0.3, 0.4) is 0 Å². The summed E-state index contributed by atoms with van der Waals surface area (Å²) < 4.78 is 4.92. The van der Waals surface area contributed by atoms with Crippen molar-refractivity contribution in [1.29, 1.82) is 0 Å². The predicted molar refractivity (Wildman–Crippen MR) is 80.2 cm³/mol. The van der Waals surface area contributed by atoms with E-state index < -0.39 is 0 Å². The lowest BCUT2D eigenvalue weighted by atomic mass is 10.1. The van der Waals surface area contributed by atoms with E-state index in [1.54, 1.807) is 12.0 Å². The normalized spacial score (nSPS) is 15.1. The van der Waals surface area contributed by atoms with E-state index in [0.29, 0.717) is 44.8 Å². The Morgan fingerprint density at radius 3 is 2.19 bits per heavy atom. The maximum absolute atomic E-state index is 12.4. The molecular weight excluding hydrogens is 268 g/mol. The highest BCUT2D eigenvalue weighted by atomic mass is 16.5. The minimum absolute atomic E-state index is 0.0407. The molecule has 2 rings (SSSR count). The average molecular weight is 290 g/mol. The smallest absolute Gasteiger partial charge is 0.253 e. The fourth-order valence-electron chi connectivity index (χ4n) is 2.39. The molecule has 0 unspecified atom stereocenters. The predicted octanol–water partition coefficient (Wildman–Crippen LogP) is 1.32. The molecule has 1 aliphatic heterocycles. The van der Waals surface area contributed by atoms with Crippen LogP contribution in [0, 0.1) is 6.92 Å². The fraction of sp³-hybridized carbons (Fsp3) is 0.500. The van der Waals surface area contributed by atoms with Crippen molar-refractivity contribution in [3.63, 3.8) is 0 Å². The third-order valence-electron chi connectivity index (χ3n) is 3.74. The first-order valence-corrected chi connectivity index (χ1v) is 7.24. The lowest BCUT2D eigenvalue weighted by Crippen LogP contribution is -2.50. The second kappa shape index (κ2) is 7.22. The number of amides is 2. The molecule has 0 radical (unpaired) electrons. The summed E-state index contributed by atoms with van der Waals surface area (Å²) in [5.74, 6) is 0.137. The Bertz CT molecular complexity index is 491. The summed E-state index contributed by atoms with van der Waals surface area (Å²) >= 11 is 0. The molecule has 0 spiro atoms. The van der Waals surface area contributed by atoms with Gasteiger partial charge in [-0.1, -0.05) is 17.7 Å². The van der Waals surface area contributed by atoms with Crippen molar-refractivity contribution in [2.24, 2.45) is 0 Å². The Hall–Kier alpha value is -1.88. The van der Waals surface area contributed by atoms with Crippen molar-refractivity contribution in [2.75, 3.05) is 39.9 Å². The first kappa shape index (κ1) is 15.5. The van der Waals surface area contributed by atoms with Gasteiger partial charge in [-0.05, 0) is 19.1 Å². The molecule has 1 aromatic rings. The van der Waals surface area contributed by atoms with Gasteiger partial charge in [-0.3, -0.25) is 9.59 Å². The maximum atomic E-state index is 12.4. The molecule has 2 amide bonds. The molecule has 0 bridgehead atoms. The minimum atomic E-state index is 0.0407. The van der Waals surface area contributed by atoms with E-state index in [2.05, 4.69) is 0 Å². The van der Waals surface area contributed by atoms with Gasteiger partial charge in [0.05, 0.1) is 13.0 Å². The molecule has 0 N–H and O–H groups in total. The molecular formula is C16H22N2O3. The van der Waals surface area contributed by atoms with Gasteiger partial charge >= 0.3 is 0 Å². The summed E-state index contributed by atoms with van der Waals surface area (Å²) in [6, 6.07) is 7.59. The van der Waals surface area contributed by atoms with Crippen LogP contribution in [0.15, 0.2) is 24.3 Å². The third-order valence-corrected chi connectivity index (χ3v) is 3.74. The van der Waals surface area contributed by atoms with E-state index >= 15 is 0 Å². The summed E-state index contributed by atoms with van der Waals surface area (Å²) in [5.41, 5.74) is 1.85. The van der Waals surface area contributed by atoms with Gasteiger partial charge < -0.3 is 14.5 Å². The van der Waals surface area contributed by atoms with Crippen LogP contribution in [0.25, 0.3) is 0 Å². The summed E-state index contributed by atoms with van der Waals surface area (Å²) in [6.07, 6.45) is 0.405. The van der Waals surface area contributed by atoms with Gasteiger partial charge in [-0.2, -0.15) is 0 Å². The van der Waals surface area contributed by atoms with Crippen LogP contribution in [0.5, 0.6) is 0 Å². The van der Waals surface area contributed by atoms with Crippen LogP contribution < -0.4 is 0 Å². The highest BCUT2D eigenvalue weighted by Gasteiger charge is 2.24. The van der Waals surface area contributed by atoms with E-state index in [1.165, 1.54) is 0 Å². The molecule has 21 heavy (non-hydrogen) atoms. The van der Waals surface area contributed by atoms with Gasteiger partial charge in [0.15, 0.2) is 0 Å². The third kappa shape index (κ3) is 4.04. The number of ether oxygens (including phenoxy) is 1. The van der Waals surface area contributed by atoms with Crippen molar-refractivity contribution < 1.29 is 14.3 Å². The number of hydrogen-bond acceptors (Lipinski definition) is 3. The van der Waals surface area contributed by atoms with E-state index in [9.17, 15) is 9.59 Å². The highest BCUT2D eigenvalue weighted by Crippen LogP contribution is 2.10. The molecule has 0 atom stereocenters. The number of carbonyl (C=O) groups excluding carboxylic acids is 2. The van der Waals surface area contributed by atoms with Gasteiger partial charge in [0.2, 0.25) is 5.91 Å². The number of piperazine rings is 1. The molecule has 114 valence electrons. The van der Waals surface area contributed by atoms with Crippen molar-refractivity contribution in [3.8, 4) is 0 Å². The lowest BCUT2D eigenvalue weighted by molar-refractivity contribution is -0.133. The van der Waals surface area contributed by atoms with Crippen molar-refractivity contribution in [1.82, 2.24) is 9.80 Å². The number of hydrogen-bond donors (Lipinski definition) is 0. The Morgan fingerprint density at radius 2 is 1.62 bits per heavy atom. The zero-order valence-electron chi connectivity index (χ0n) is 12.7. The number of benzene rings is 1. The van der Waals surface area contributed by atoms with Crippen LogP contribution in [0.4, 0.5) is 0 Å². The van der Waals surface area contributed by atoms with E-state index in [-0.39, 0.29) is 11.8 Å². The van der Waals surface area contributed by atoms with E-state index in [0.717, 1.165) is 5.56 Å². The number of methoxy groups -OCH3 is 1. The molecule has 1 aromatic carbocycles. The summed E-state index contributed by atoms with van der Waals surface area (Å²) in [6.45, 7) is 4.82. The van der Waals surface area contributed by atoms with Crippen LogP contribution in [0.2, 0.25) is 0 Å². The summed E-state index contributed by atoms with van der Waals surface area (Å²) in [5, 5.41) is 0. The minimum Gasteiger partial charge on any atom is -0.384 e. The molecule has 1 aliphatic rings. The Balaban J connectivity index is 1.87. The molecule has 5 heteroatoms. The van der Waals surface area contributed by atoms with Gasteiger partial charge in [-0.15, -0.1) is 0 Å². The van der Waals surface area contributed by atoms with Crippen molar-refractivity contribution in [2.45, 2.75) is 13.3 Å². The molecule has 0 aromatic heterocycles. The van der Waals surface area contributed by atoms with Crippen LogP contribution in [-0.2, 0) is 9.53 Å². The van der Waals surface area contributed by atoms with E-state index in [1.807, 2.05) is 36.1 Å². The zero-order chi connectivity index (χ0) is 15.2. The lowest BCUT2D eigenvalue weighted by Gasteiger charge is -2.34. The molecule has 1 fully saturated rings. The van der Waals surface area contributed by atoms with Crippen molar-refractivity contribution >= 4 is 11.8 Å². The molecule has 0 aliphatic carbocycles. The summed E-state index contributed by atoms with van der Waals surface area (Å²) in [4.78, 5) is 27.9. The molecule has 1 heterocycles. The van der Waals surface area contributed by atoms with Gasteiger partial charge in [0.25, 0.3) is 5.91 Å². The van der Waals surface area contributed by atoms with E-state index in [4.69, 9.17) is 4.74 Å². The topological polar surface area (TPSA) is 49.9 Å². The Morgan fingerprint density at radius 1 is 1.05 bits per heavy atom. The monoisotopic (exact) mass is 290 g/mol. The largest absolute Gasteiger partial charge is 0.384 e. The highest BCUT2D eigenvalue weighted by molar-refractivity contribution is 5.94.